The van der Waals surface area contributed by atoms with Gasteiger partial charge in [-0.05, 0) is 90.1 Å². The van der Waals surface area contributed by atoms with Crippen molar-refractivity contribution in [2.24, 2.45) is 0 Å². The zero-order valence-corrected chi connectivity index (χ0v) is 25.6. The standard InChI is InChI=1S/C33H36FN7O3/c1-32(2,3)44-31(43)41-18-22-21(26-17-35-28-16-20(34)10-13-40(26)28)6-8-24(29(22)30(41)42)36-27-9-7-23-25(37-27)19-39(5)33(23)11-14-38(4)15-12-33/h6-10,13,16-17H,11-12,14-15,18-19H2,1-5H3,(H,36,37). The normalized spacial score (nSPS) is 18.2. The number of anilines is 2. The van der Waals surface area contributed by atoms with Crippen molar-refractivity contribution >= 4 is 29.2 Å². The summed E-state index contributed by atoms with van der Waals surface area (Å²) in [5.74, 6) is -0.212. The molecule has 10 nitrogen and oxygen atoms in total. The second-order valence-corrected chi connectivity index (χ2v) is 13.1. The topological polar surface area (TPSA) is 95.3 Å². The SMILES string of the molecule is CN1CCC2(CC1)c1ccc(Nc3ccc(-c4cnc5cc(F)ccn45)c4c3C(=O)N(C(=O)OC(C)(C)C)C4)nc1CN2C. The number of pyridine rings is 2. The van der Waals surface area contributed by atoms with Crippen LogP contribution < -0.4 is 5.32 Å². The molecule has 1 spiro atoms. The fourth-order valence-corrected chi connectivity index (χ4v) is 6.86. The Kier molecular flexibility index (Phi) is 6.52. The molecule has 0 bridgehead atoms. The fourth-order valence-electron chi connectivity index (χ4n) is 6.86. The van der Waals surface area contributed by atoms with Gasteiger partial charge in [0.1, 0.15) is 22.9 Å². The number of hydrogen-bond acceptors (Lipinski definition) is 8. The first-order valence-electron chi connectivity index (χ1n) is 14.9. The van der Waals surface area contributed by atoms with E-state index in [0.29, 0.717) is 34.0 Å². The van der Waals surface area contributed by atoms with E-state index < -0.39 is 17.6 Å². The zero-order valence-electron chi connectivity index (χ0n) is 25.6. The summed E-state index contributed by atoms with van der Waals surface area (Å²) in [7, 11) is 4.34. The first-order valence-corrected chi connectivity index (χ1v) is 14.9. The number of piperidine rings is 1. The number of likely N-dealkylation sites (tertiary alicyclic amines) is 1. The van der Waals surface area contributed by atoms with E-state index in [9.17, 15) is 14.0 Å². The molecule has 11 heteroatoms. The van der Waals surface area contributed by atoms with Gasteiger partial charge in [-0.15, -0.1) is 0 Å². The van der Waals surface area contributed by atoms with Gasteiger partial charge in [0, 0.05) is 24.4 Å². The maximum atomic E-state index is 13.9. The Morgan fingerprint density at radius 1 is 1.07 bits per heavy atom. The van der Waals surface area contributed by atoms with E-state index in [1.807, 2.05) is 18.2 Å². The lowest BCUT2D eigenvalue weighted by Crippen LogP contribution is -2.47. The maximum absolute atomic E-state index is 13.9. The lowest BCUT2D eigenvalue weighted by Gasteiger charge is -2.43. The van der Waals surface area contributed by atoms with Crippen LogP contribution in [-0.2, 0) is 23.4 Å². The van der Waals surface area contributed by atoms with Gasteiger partial charge in [-0.25, -0.2) is 24.1 Å². The van der Waals surface area contributed by atoms with Crippen molar-refractivity contribution in [3.63, 3.8) is 0 Å². The molecule has 3 aliphatic rings. The fraction of sp³-hybridized carbons (Fsp3) is 0.394. The van der Waals surface area contributed by atoms with E-state index in [1.165, 1.54) is 17.7 Å². The van der Waals surface area contributed by atoms with Crippen LogP contribution in [-0.4, -0.2) is 73.9 Å². The molecule has 1 aromatic carbocycles. The molecule has 4 aromatic rings. The van der Waals surface area contributed by atoms with Crippen molar-refractivity contribution in [1.29, 1.82) is 0 Å². The number of imide groups is 1. The Hall–Kier alpha value is -4.35. The molecule has 6 heterocycles. The summed E-state index contributed by atoms with van der Waals surface area (Å²) < 4.78 is 21.3. The van der Waals surface area contributed by atoms with Crippen LogP contribution >= 0.6 is 0 Å². The summed E-state index contributed by atoms with van der Waals surface area (Å²) in [5.41, 5.74) is 4.96. The second kappa shape index (κ2) is 10.1. The predicted molar refractivity (Wildman–Crippen MR) is 164 cm³/mol. The molecule has 7 rings (SSSR count). The molecular formula is C33H36FN7O3. The third kappa shape index (κ3) is 4.62. The van der Waals surface area contributed by atoms with E-state index in [4.69, 9.17) is 9.72 Å². The van der Waals surface area contributed by atoms with Gasteiger partial charge in [-0.2, -0.15) is 0 Å². The molecule has 0 atom stereocenters. The number of rotatable bonds is 3. The van der Waals surface area contributed by atoms with Crippen molar-refractivity contribution in [3.8, 4) is 11.3 Å². The number of ether oxygens (including phenoxy) is 1. The molecule has 3 aromatic heterocycles. The van der Waals surface area contributed by atoms with E-state index in [1.54, 1.807) is 37.6 Å². The second-order valence-electron chi connectivity index (χ2n) is 13.1. The third-order valence-electron chi connectivity index (χ3n) is 9.12. The van der Waals surface area contributed by atoms with Gasteiger partial charge in [0.05, 0.1) is 40.9 Å². The predicted octanol–water partition coefficient (Wildman–Crippen LogP) is 5.54. The minimum Gasteiger partial charge on any atom is -0.443 e. The third-order valence-corrected chi connectivity index (χ3v) is 9.12. The highest BCUT2D eigenvalue weighted by Crippen LogP contribution is 2.45. The Labute approximate surface area is 255 Å². The maximum Gasteiger partial charge on any atom is 0.417 e. The van der Waals surface area contributed by atoms with Crippen molar-refractivity contribution in [3.05, 3.63) is 77.0 Å². The molecule has 1 fully saturated rings. The van der Waals surface area contributed by atoms with E-state index in [-0.39, 0.29) is 17.9 Å². The molecule has 2 amide bonds. The van der Waals surface area contributed by atoms with Gasteiger partial charge in [-0.3, -0.25) is 14.1 Å². The van der Waals surface area contributed by atoms with Gasteiger partial charge in [0.15, 0.2) is 0 Å². The van der Waals surface area contributed by atoms with Gasteiger partial charge in [-0.1, -0.05) is 12.1 Å². The van der Waals surface area contributed by atoms with Crippen LogP contribution in [0.15, 0.2) is 48.8 Å². The molecule has 0 aliphatic carbocycles. The lowest BCUT2D eigenvalue weighted by molar-refractivity contribution is 0.0248. The first kappa shape index (κ1) is 28.4. The number of benzene rings is 1. The number of nitrogens with one attached hydrogen (secondary N) is 1. The average molecular weight is 598 g/mol. The van der Waals surface area contributed by atoms with Gasteiger partial charge < -0.3 is 15.0 Å². The van der Waals surface area contributed by atoms with Gasteiger partial charge in [0.2, 0.25) is 0 Å². The molecule has 3 aliphatic heterocycles. The van der Waals surface area contributed by atoms with Gasteiger partial charge >= 0.3 is 6.09 Å². The van der Waals surface area contributed by atoms with Crippen LogP contribution in [0.25, 0.3) is 16.9 Å². The summed E-state index contributed by atoms with van der Waals surface area (Å²) in [6.07, 6.45) is 4.66. The van der Waals surface area contributed by atoms with E-state index in [0.717, 1.165) is 48.6 Å². The molecule has 0 radical (unpaired) electrons. The quantitative estimate of drug-likeness (QED) is 0.329. The summed E-state index contributed by atoms with van der Waals surface area (Å²) in [4.78, 5) is 42.4. The Morgan fingerprint density at radius 3 is 2.59 bits per heavy atom. The molecule has 228 valence electrons. The van der Waals surface area contributed by atoms with Crippen LogP contribution in [0.5, 0.6) is 0 Å². The monoisotopic (exact) mass is 597 g/mol. The molecular weight excluding hydrogens is 561 g/mol. The number of fused-ring (bicyclic) bond motifs is 4. The lowest BCUT2D eigenvalue weighted by atomic mass is 9.82. The van der Waals surface area contributed by atoms with Crippen molar-refractivity contribution in [1.82, 2.24) is 29.1 Å². The number of carbonyl (C=O) groups is 2. The summed E-state index contributed by atoms with van der Waals surface area (Å²) in [6.45, 7) is 8.16. The van der Waals surface area contributed by atoms with Crippen molar-refractivity contribution in [2.45, 2.75) is 57.8 Å². The molecule has 44 heavy (non-hydrogen) atoms. The molecule has 1 saturated heterocycles. The number of aromatic nitrogens is 3. The summed E-state index contributed by atoms with van der Waals surface area (Å²) in [6, 6.07) is 10.6. The van der Waals surface area contributed by atoms with Crippen LogP contribution in [0.3, 0.4) is 0 Å². The van der Waals surface area contributed by atoms with Crippen LogP contribution in [0, 0.1) is 5.82 Å². The highest BCUT2D eigenvalue weighted by Gasteiger charge is 2.45. The van der Waals surface area contributed by atoms with E-state index in [2.05, 4.69) is 40.3 Å². The summed E-state index contributed by atoms with van der Waals surface area (Å²) in [5, 5.41) is 3.39. The van der Waals surface area contributed by atoms with Crippen LogP contribution in [0.2, 0.25) is 0 Å². The highest BCUT2D eigenvalue weighted by molar-refractivity contribution is 6.11. The first-order chi connectivity index (χ1) is 20.9. The largest absolute Gasteiger partial charge is 0.443 e. The molecule has 0 unspecified atom stereocenters. The zero-order chi connectivity index (χ0) is 31.0. The minimum atomic E-state index is -0.769. The highest BCUT2D eigenvalue weighted by atomic mass is 19.1. The number of hydrogen-bond donors (Lipinski definition) is 1. The summed E-state index contributed by atoms with van der Waals surface area (Å²) >= 11 is 0. The Bertz CT molecular complexity index is 1820. The van der Waals surface area contributed by atoms with Crippen molar-refractivity contribution < 1.29 is 18.7 Å². The minimum absolute atomic E-state index is 0.00289. The number of nitrogens with zero attached hydrogens (tertiary/aromatic N) is 6. The smallest absolute Gasteiger partial charge is 0.417 e. The number of carbonyl (C=O) groups excluding carboxylic acids is 2. The number of imidazole rings is 1. The van der Waals surface area contributed by atoms with Gasteiger partial charge in [0.25, 0.3) is 5.91 Å². The Morgan fingerprint density at radius 2 is 1.84 bits per heavy atom. The number of amides is 2. The number of halogens is 1. The van der Waals surface area contributed by atoms with E-state index >= 15 is 0 Å². The van der Waals surface area contributed by atoms with Crippen LogP contribution in [0.1, 0.15) is 60.8 Å². The van der Waals surface area contributed by atoms with Crippen LogP contribution in [0.4, 0.5) is 20.7 Å². The average Bonchev–Trinajstić information content (AvgIpc) is 3.61. The molecule has 1 N–H and O–H groups in total. The Balaban J connectivity index is 1.27. The molecule has 0 saturated carbocycles. The van der Waals surface area contributed by atoms with Crippen molar-refractivity contribution in [2.75, 3.05) is 32.5 Å².